The van der Waals surface area contributed by atoms with Crippen LogP contribution in [-0.4, -0.2) is 16.8 Å². The molecule has 0 saturated heterocycles. The molecule has 2 aromatic carbocycles. The lowest BCUT2D eigenvalue weighted by Gasteiger charge is -2.13. The van der Waals surface area contributed by atoms with Gasteiger partial charge in [0.05, 0.1) is 0 Å². The summed E-state index contributed by atoms with van der Waals surface area (Å²) in [5, 5.41) is 6.61. The number of aromatic nitrogens is 2. The topological polar surface area (TPSA) is 68.3 Å². The minimum absolute atomic E-state index is 0.254. The number of hydrogen-bond acceptors (Lipinski definition) is 6. The van der Waals surface area contributed by atoms with Gasteiger partial charge in [0.2, 0.25) is 12.7 Å². The van der Waals surface area contributed by atoms with Crippen molar-refractivity contribution in [3.05, 3.63) is 59.3 Å². The van der Waals surface area contributed by atoms with Crippen molar-refractivity contribution < 1.29 is 9.47 Å². The van der Waals surface area contributed by atoms with Crippen LogP contribution in [0.25, 0.3) is 0 Å². The van der Waals surface area contributed by atoms with Gasteiger partial charge in [0.1, 0.15) is 5.82 Å². The van der Waals surface area contributed by atoms with E-state index in [2.05, 4.69) is 40.5 Å². The van der Waals surface area contributed by atoms with Crippen molar-refractivity contribution in [3.8, 4) is 11.5 Å². The fraction of sp³-hybridized carbons (Fsp3) is 0.200. The van der Waals surface area contributed by atoms with Crippen molar-refractivity contribution in [2.24, 2.45) is 0 Å². The summed E-state index contributed by atoms with van der Waals surface area (Å²) in [4.78, 5) is 9.05. The third-order valence-electron chi connectivity index (χ3n) is 4.35. The first-order valence-corrected chi connectivity index (χ1v) is 8.44. The summed E-state index contributed by atoms with van der Waals surface area (Å²) in [6.45, 7) is 6.39. The van der Waals surface area contributed by atoms with Crippen LogP contribution < -0.4 is 20.1 Å². The molecule has 0 fully saturated rings. The number of benzene rings is 2. The largest absolute Gasteiger partial charge is 0.454 e. The lowest BCUT2D eigenvalue weighted by atomic mass is 10.1. The molecule has 0 atom stereocenters. The van der Waals surface area contributed by atoms with E-state index in [9.17, 15) is 0 Å². The first-order chi connectivity index (χ1) is 12.6. The van der Waals surface area contributed by atoms with E-state index in [4.69, 9.17) is 9.47 Å². The van der Waals surface area contributed by atoms with Crippen LogP contribution in [0.4, 0.5) is 23.1 Å². The monoisotopic (exact) mass is 348 g/mol. The molecule has 0 radical (unpaired) electrons. The van der Waals surface area contributed by atoms with Crippen molar-refractivity contribution in [2.75, 3.05) is 17.4 Å². The molecule has 2 heterocycles. The molecule has 132 valence electrons. The van der Waals surface area contributed by atoms with Crippen molar-refractivity contribution in [2.45, 2.75) is 20.8 Å². The molecule has 0 unspecified atom stereocenters. The second-order valence-corrected chi connectivity index (χ2v) is 6.28. The van der Waals surface area contributed by atoms with E-state index in [1.165, 1.54) is 11.1 Å². The zero-order valence-electron chi connectivity index (χ0n) is 15.0. The summed E-state index contributed by atoms with van der Waals surface area (Å²) in [5.41, 5.74) is 5.19. The number of anilines is 4. The van der Waals surface area contributed by atoms with Gasteiger partial charge in [-0.3, -0.25) is 0 Å². The number of ether oxygens (including phenoxy) is 2. The van der Waals surface area contributed by atoms with Gasteiger partial charge in [0.25, 0.3) is 0 Å². The maximum Gasteiger partial charge on any atom is 0.231 e. The van der Waals surface area contributed by atoms with Crippen LogP contribution in [0, 0.1) is 20.8 Å². The van der Waals surface area contributed by atoms with Crippen LogP contribution >= 0.6 is 0 Å². The summed E-state index contributed by atoms with van der Waals surface area (Å²) >= 11 is 0. The second kappa shape index (κ2) is 6.55. The van der Waals surface area contributed by atoms with Crippen LogP contribution in [0.15, 0.2) is 42.5 Å². The van der Waals surface area contributed by atoms with Crippen LogP contribution in [0.3, 0.4) is 0 Å². The van der Waals surface area contributed by atoms with E-state index in [1.807, 2.05) is 43.3 Å². The molecular weight excluding hydrogens is 328 g/mol. The van der Waals surface area contributed by atoms with Gasteiger partial charge >= 0.3 is 0 Å². The number of hydrogen-bond donors (Lipinski definition) is 2. The minimum atomic E-state index is 0.254. The van der Waals surface area contributed by atoms with Crippen molar-refractivity contribution in [1.29, 1.82) is 0 Å². The highest BCUT2D eigenvalue weighted by Gasteiger charge is 2.14. The van der Waals surface area contributed by atoms with Gasteiger partial charge in [-0.1, -0.05) is 12.1 Å². The maximum atomic E-state index is 5.41. The molecule has 0 aliphatic carbocycles. The average molecular weight is 348 g/mol. The molecule has 0 bridgehead atoms. The Bertz CT molecular complexity index is 972. The molecule has 0 amide bonds. The second-order valence-electron chi connectivity index (χ2n) is 6.28. The van der Waals surface area contributed by atoms with Gasteiger partial charge in [-0.25, -0.2) is 4.98 Å². The Labute approximate surface area is 152 Å². The average Bonchev–Trinajstić information content (AvgIpc) is 3.06. The summed E-state index contributed by atoms with van der Waals surface area (Å²) < 4.78 is 10.8. The molecule has 1 aliphatic heterocycles. The number of aryl methyl sites for hydroxylation is 2. The smallest absolute Gasteiger partial charge is 0.231 e. The van der Waals surface area contributed by atoms with Crippen LogP contribution in [0.1, 0.15) is 16.8 Å². The Morgan fingerprint density at radius 3 is 2.62 bits per heavy atom. The normalized spacial score (nSPS) is 12.1. The Balaban J connectivity index is 1.59. The van der Waals surface area contributed by atoms with Crippen LogP contribution in [-0.2, 0) is 0 Å². The minimum Gasteiger partial charge on any atom is -0.454 e. The fourth-order valence-electron chi connectivity index (χ4n) is 2.82. The number of fused-ring (bicyclic) bond motifs is 1. The number of rotatable bonds is 4. The van der Waals surface area contributed by atoms with E-state index in [0.29, 0.717) is 5.95 Å². The molecule has 4 rings (SSSR count). The molecule has 26 heavy (non-hydrogen) atoms. The Morgan fingerprint density at radius 1 is 0.885 bits per heavy atom. The lowest BCUT2D eigenvalue weighted by molar-refractivity contribution is 0.174. The fourth-order valence-corrected chi connectivity index (χ4v) is 2.82. The van der Waals surface area contributed by atoms with E-state index < -0.39 is 0 Å². The van der Waals surface area contributed by atoms with Crippen molar-refractivity contribution in [1.82, 2.24) is 9.97 Å². The third-order valence-corrected chi connectivity index (χ3v) is 4.35. The Morgan fingerprint density at radius 2 is 1.73 bits per heavy atom. The van der Waals surface area contributed by atoms with E-state index in [1.54, 1.807) is 0 Å². The van der Waals surface area contributed by atoms with E-state index in [0.717, 1.165) is 34.4 Å². The highest BCUT2D eigenvalue weighted by atomic mass is 16.7. The van der Waals surface area contributed by atoms with Gasteiger partial charge in [0, 0.05) is 29.2 Å². The molecule has 2 N–H and O–H groups in total. The summed E-state index contributed by atoms with van der Waals surface area (Å²) in [5.74, 6) is 2.74. The first-order valence-electron chi connectivity index (χ1n) is 8.44. The third kappa shape index (κ3) is 3.26. The lowest BCUT2D eigenvalue weighted by Crippen LogP contribution is -2.03. The zero-order chi connectivity index (χ0) is 18.1. The SMILES string of the molecule is Cc1cc(Nc2cccc(C)c2C)nc(Nc2ccc3c(c2)OCO3)n1. The summed E-state index contributed by atoms with van der Waals surface area (Å²) in [7, 11) is 0. The molecule has 0 spiro atoms. The van der Waals surface area contributed by atoms with Crippen LogP contribution in [0.2, 0.25) is 0 Å². The van der Waals surface area contributed by atoms with Crippen LogP contribution in [0.5, 0.6) is 11.5 Å². The molecular formula is C20H20N4O2. The molecule has 1 aromatic heterocycles. The predicted octanol–water partition coefficient (Wildman–Crippen LogP) is 4.62. The van der Waals surface area contributed by atoms with Gasteiger partial charge < -0.3 is 20.1 Å². The maximum absolute atomic E-state index is 5.41. The zero-order valence-corrected chi connectivity index (χ0v) is 15.0. The van der Waals surface area contributed by atoms with Gasteiger partial charge in [-0.15, -0.1) is 0 Å². The predicted molar refractivity (Wildman–Crippen MR) is 102 cm³/mol. The summed E-state index contributed by atoms with van der Waals surface area (Å²) in [6.07, 6.45) is 0. The number of nitrogens with one attached hydrogen (secondary N) is 2. The Hall–Kier alpha value is -3.28. The Kier molecular flexibility index (Phi) is 4.08. The number of nitrogens with zero attached hydrogens (tertiary/aromatic N) is 2. The quantitative estimate of drug-likeness (QED) is 0.717. The molecule has 6 nitrogen and oxygen atoms in total. The highest BCUT2D eigenvalue weighted by Crippen LogP contribution is 2.35. The van der Waals surface area contributed by atoms with E-state index in [-0.39, 0.29) is 6.79 Å². The highest BCUT2D eigenvalue weighted by molar-refractivity contribution is 5.65. The van der Waals surface area contributed by atoms with Gasteiger partial charge in [0.15, 0.2) is 11.5 Å². The van der Waals surface area contributed by atoms with E-state index >= 15 is 0 Å². The first kappa shape index (κ1) is 16.2. The molecule has 6 heteroatoms. The van der Waals surface area contributed by atoms with Crippen molar-refractivity contribution in [3.63, 3.8) is 0 Å². The van der Waals surface area contributed by atoms with Gasteiger partial charge in [-0.2, -0.15) is 4.98 Å². The molecule has 0 saturated carbocycles. The standard InChI is InChI=1S/C20H20N4O2/c1-12-5-4-6-16(14(12)3)23-19-9-13(2)21-20(24-19)22-15-7-8-17-18(10-15)26-11-25-17/h4-10H,11H2,1-3H3,(H2,21,22,23,24). The molecule has 3 aromatic rings. The van der Waals surface area contributed by atoms with Crippen molar-refractivity contribution >= 4 is 23.1 Å². The summed E-state index contributed by atoms with van der Waals surface area (Å²) in [6, 6.07) is 13.8. The molecule has 1 aliphatic rings. The van der Waals surface area contributed by atoms with Gasteiger partial charge in [-0.05, 0) is 50.1 Å².